The lowest BCUT2D eigenvalue weighted by Crippen LogP contribution is -2.39. The molecule has 1 aliphatic carbocycles. The summed E-state index contributed by atoms with van der Waals surface area (Å²) in [5.74, 6) is 1.60. The van der Waals surface area contributed by atoms with Gasteiger partial charge in [0.25, 0.3) is 0 Å². The van der Waals surface area contributed by atoms with Gasteiger partial charge in [-0.25, -0.2) is 0 Å². The van der Waals surface area contributed by atoms with Crippen LogP contribution in [0.2, 0.25) is 0 Å². The van der Waals surface area contributed by atoms with Gasteiger partial charge in [0.05, 0.1) is 12.7 Å². The highest BCUT2D eigenvalue weighted by molar-refractivity contribution is 5.29. The third-order valence-electron chi connectivity index (χ3n) is 4.81. The quantitative estimate of drug-likeness (QED) is 0.896. The van der Waals surface area contributed by atoms with Crippen molar-refractivity contribution in [1.29, 1.82) is 0 Å². The summed E-state index contributed by atoms with van der Waals surface area (Å²) in [7, 11) is 1.68. The van der Waals surface area contributed by atoms with Gasteiger partial charge in [0.15, 0.2) is 0 Å². The highest BCUT2D eigenvalue weighted by Gasteiger charge is 2.37. The van der Waals surface area contributed by atoms with E-state index < -0.39 is 5.60 Å². The number of ether oxygens (including phenoxy) is 1. The molecule has 1 N–H and O–H groups in total. The Hall–Kier alpha value is -1.02. The van der Waals surface area contributed by atoms with Crippen molar-refractivity contribution in [3.05, 3.63) is 29.8 Å². The molecule has 20 heavy (non-hydrogen) atoms. The Labute approximate surface area is 123 Å². The van der Waals surface area contributed by atoms with E-state index in [1.165, 1.54) is 5.56 Å². The summed E-state index contributed by atoms with van der Waals surface area (Å²) in [6.45, 7) is 6.93. The lowest BCUT2D eigenvalue weighted by atomic mass is 9.67. The van der Waals surface area contributed by atoms with Crippen LogP contribution in [-0.4, -0.2) is 17.8 Å². The Balaban J connectivity index is 1.99. The highest BCUT2D eigenvalue weighted by Crippen LogP contribution is 2.42. The minimum Gasteiger partial charge on any atom is -0.497 e. The lowest BCUT2D eigenvalue weighted by molar-refractivity contribution is -0.0245. The molecule has 0 radical (unpaired) electrons. The van der Waals surface area contributed by atoms with Gasteiger partial charge in [0, 0.05) is 6.42 Å². The molecular weight excluding hydrogens is 248 g/mol. The van der Waals surface area contributed by atoms with Crippen LogP contribution in [0.25, 0.3) is 0 Å². The molecule has 2 heteroatoms. The second-order valence-corrected chi connectivity index (χ2v) is 7.39. The van der Waals surface area contributed by atoms with Crippen LogP contribution >= 0.6 is 0 Å². The molecule has 0 aromatic heterocycles. The maximum Gasteiger partial charge on any atom is 0.119 e. The average Bonchev–Trinajstić information content (AvgIpc) is 2.38. The van der Waals surface area contributed by atoms with Crippen molar-refractivity contribution in [3.63, 3.8) is 0 Å². The van der Waals surface area contributed by atoms with Crippen LogP contribution in [0.4, 0.5) is 0 Å². The Bertz CT molecular complexity index is 437. The first-order valence-electron chi connectivity index (χ1n) is 7.68. The first-order chi connectivity index (χ1) is 9.32. The molecule has 2 nitrogen and oxygen atoms in total. The lowest BCUT2D eigenvalue weighted by Gasteiger charge is -2.41. The van der Waals surface area contributed by atoms with E-state index in [0.29, 0.717) is 5.41 Å². The molecule has 0 spiro atoms. The van der Waals surface area contributed by atoms with Crippen LogP contribution in [0.1, 0.15) is 52.0 Å². The number of rotatable bonds is 3. The van der Waals surface area contributed by atoms with Crippen LogP contribution in [0.15, 0.2) is 24.3 Å². The van der Waals surface area contributed by atoms with Crippen molar-refractivity contribution < 1.29 is 9.84 Å². The normalized spacial score (nSPS) is 27.4. The SMILES string of the molecule is COc1cccc(CC2(O)CCC(C(C)(C)C)CC2)c1. The predicted octanol–water partition coefficient (Wildman–Crippen LogP) is 4.21. The van der Waals surface area contributed by atoms with Gasteiger partial charge in [-0.3, -0.25) is 0 Å². The summed E-state index contributed by atoms with van der Waals surface area (Å²) in [5.41, 5.74) is 0.992. The van der Waals surface area contributed by atoms with Crippen molar-refractivity contribution in [2.24, 2.45) is 11.3 Å². The van der Waals surface area contributed by atoms with Gasteiger partial charge >= 0.3 is 0 Å². The molecule has 1 aromatic carbocycles. The molecule has 1 saturated carbocycles. The number of hydrogen-bond acceptors (Lipinski definition) is 2. The smallest absolute Gasteiger partial charge is 0.119 e. The van der Waals surface area contributed by atoms with E-state index in [9.17, 15) is 5.11 Å². The van der Waals surface area contributed by atoms with Crippen molar-refractivity contribution in [3.8, 4) is 5.75 Å². The highest BCUT2D eigenvalue weighted by atomic mass is 16.5. The summed E-state index contributed by atoms with van der Waals surface area (Å²) < 4.78 is 5.26. The maximum atomic E-state index is 10.8. The molecule has 0 amide bonds. The van der Waals surface area contributed by atoms with Gasteiger partial charge in [-0.15, -0.1) is 0 Å². The molecule has 112 valence electrons. The zero-order valence-corrected chi connectivity index (χ0v) is 13.3. The molecule has 0 unspecified atom stereocenters. The van der Waals surface area contributed by atoms with Crippen molar-refractivity contribution in [2.75, 3.05) is 7.11 Å². The molecule has 0 atom stereocenters. The van der Waals surface area contributed by atoms with Crippen LogP contribution in [0.5, 0.6) is 5.75 Å². The summed E-state index contributed by atoms with van der Waals surface area (Å²) >= 11 is 0. The standard InChI is InChI=1S/C18H28O2/c1-17(2,3)15-8-10-18(19,11-9-15)13-14-6-5-7-16(12-14)20-4/h5-7,12,15,19H,8-11,13H2,1-4H3. The molecule has 1 aromatic rings. The molecule has 0 bridgehead atoms. The van der Waals surface area contributed by atoms with Gasteiger partial charge < -0.3 is 9.84 Å². The van der Waals surface area contributed by atoms with Gasteiger partial charge in [0.1, 0.15) is 5.75 Å². The van der Waals surface area contributed by atoms with Crippen molar-refractivity contribution in [2.45, 2.75) is 58.5 Å². The van der Waals surface area contributed by atoms with E-state index in [0.717, 1.165) is 43.8 Å². The number of hydrogen-bond donors (Lipinski definition) is 1. The fourth-order valence-electron chi connectivity index (χ4n) is 3.36. The van der Waals surface area contributed by atoms with Crippen LogP contribution in [0.3, 0.4) is 0 Å². The largest absolute Gasteiger partial charge is 0.497 e. The van der Waals surface area contributed by atoms with Gasteiger partial charge in [-0.1, -0.05) is 32.9 Å². The van der Waals surface area contributed by atoms with Crippen LogP contribution in [0, 0.1) is 11.3 Å². The Morgan fingerprint density at radius 3 is 2.45 bits per heavy atom. The molecular formula is C18H28O2. The van der Waals surface area contributed by atoms with Gasteiger partial charge in [0.2, 0.25) is 0 Å². The molecule has 1 aliphatic rings. The summed E-state index contributed by atoms with van der Waals surface area (Å²) in [4.78, 5) is 0. The zero-order valence-electron chi connectivity index (χ0n) is 13.3. The first kappa shape index (κ1) is 15.4. The van der Waals surface area contributed by atoms with Gasteiger partial charge in [-0.2, -0.15) is 0 Å². The number of benzene rings is 1. The minimum atomic E-state index is -0.534. The van der Waals surface area contributed by atoms with Crippen LogP contribution < -0.4 is 4.74 Å². The molecule has 0 aliphatic heterocycles. The summed E-state index contributed by atoms with van der Waals surface area (Å²) in [6, 6.07) is 8.06. The van der Waals surface area contributed by atoms with Gasteiger partial charge in [-0.05, 0) is 54.7 Å². The topological polar surface area (TPSA) is 29.5 Å². The zero-order chi connectivity index (χ0) is 14.8. The Morgan fingerprint density at radius 2 is 1.90 bits per heavy atom. The predicted molar refractivity (Wildman–Crippen MR) is 83.1 cm³/mol. The van der Waals surface area contributed by atoms with E-state index in [1.54, 1.807) is 7.11 Å². The molecule has 2 rings (SSSR count). The summed E-state index contributed by atoms with van der Waals surface area (Å²) in [6.07, 6.45) is 4.81. The Morgan fingerprint density at radius 1 is 1.25 bits per heavy atom. The number of methoxy groups -OCH3 is 1. The number of aliphatic hydroxyl groups is 1. The molecule has 0 heterocycles. The molecule has 1 fully saturated rings. The van der Waals surface area contributed by atoms with E-state index in [4.69, 9.17) is 4.74 Å². The average molecular weight is 276 g/mol. The van der Waals surface area contributed by atoms with E-state index in [-0.39, 0.29) is 0 Å². The molecule has 0 saturated heterocycles. The van der Waals surface area contributed by atoms with E-state index >= 15 is 0 Å². The Kier molecular flexibility index (Phi) is 4.43. The second kappa shape index (κ2) is 5.77. The monoisotopic (exact) mass is 276 g/mol. The third kappa shape index (κ3) is 3.76. The van der Waals surface area contributed by atoms with E-state index in [1.807, 2.05) is 18.2 Å². The van der Waals surface area contributed by atoms with Crippen LogP contribution in [-0.2, 0) is 6.42 Å². The summed E-state index contributed by atoms with van der Waals surface area (Å²) in [5, 5.41) is 10.8. The second-order valence-electron chi connectivity index (χ2n) is 7.39. The first-order valence-corrected chi connectivity index (χ1v) is 7.68. The maximum absolute atomic E-state index is 10.8. The fourth-order valence-corrected chi connectivity index (χ4v) is 3.36. The van der Waals surface area contributed by atoms with E-state index in [2.05, 4.69) is 26.8 Å². The third-order valence-corrected chi connectivity index (χ3v) is 4.81. The minimum absolute atomic E-state index is 0.358. The van der Waals surface area contributed by atoms with Crippen molar-refractivity contribution >= 4 is 0 Å². The van der Waals surface area contributed by atoms with Crippen molar-refractivity contribution in [1.82, 2.24) is 0 Å². The fraction of sp³-hybridized carbons (Fsp3) is 0.667.